The smallest absolute Gasteiger partial charge is 0.243 e. The Labute approximate surface area is 116 Å². The molecule has 0 aromatic heterocycles. The van der Waals surface area contributed by atoms with E-state index in [1.54, 1.807) is 0 Å². The highest BCUT2D eigenvalue weighted by Gasteiger charge is 2.49. The fraction of sp³-hybridized carbons (Fsp3) is 0.500. The van der Waals surface area contributed by atoms with Gasteiger partial charge in [-0.25, -0.2) is 12.8 Å². The molecule has 0 saturated carbocycles. The minimum Gasteiger partial charge on any atom is -0.387 e. The van der Waals surface area contributed by atoms with Gasteiger partial charge in [0, 0.05) is 13.1 Å². The minimum absolute atomic E-state index is 0.0317. The number of halogens is 2. The maximum Gasteiger partial charge on any atom is 0.243 e. The van der Waals surface area contributed by atoms with Gasteiger partial charge in [0.1, 0.15) is 5.82 Å². The molecule has 7 heteroatoms. The molecule has 1 aromatic carbocycles. The lowest BCUT2D eigenvalue weighted by Crippen LogP contribution is -2.65. The van der Waals surface area contributed by atoms with E-state index < -0.39 is 21.4 Å². The van der Waals surface area contributed by atoms with E-state index in [0.717, 1.165) is 16.4 Å². The van der Waals surface area contributed by atoms with E-state index >= 15 is 0 Å². The number of nitrogens with zero attached hydrogens (tertiary/aromatic N) is 1. The lowest BCUT2D eigenvalue weighted by molar-refractivity contribution is -0.0932. The van der Waals surface area contributed by atoms with Crippen molar-refractivity contribution in [3.63, 3.8) is 0 Å². The van der Waals surface area contributed by atoms with Crippen molar-refractivity contribution in [2.24, 2.45) is 5.92 Å². The Balaban J connectivity index is 2.23. The molecule has 1 fully saturated rings. The molecule has 0 bridgehead atoms. The van der Waals surface area contributed by atoms with Crippen LogP contribution in [-0.4, -0.2) is 36.5 Å². The van der Waals surface area contributed by atoms with Crippen molar-refractivity contribution >= 4 is 21.6 Å². The minimum atomic E-state index is -3.72. The zero-order chi connectivity index (χ0) is 14.4. The first-order valence-corrected chi connectivity index (χ1v) is 7.66. The van der Waals surface area contributed by atoms with Crippen molar-refractivity contribution in [3.05, 3.63) is 29.0 Å². The molecule has 1 aliphatic rings. The molecular formula is C12H15ClFNO3S. The van der Waals surface area contributed by atoms with Crippen LogP contribution in [0.15, 0.2) is 23.1 Å². The van der Waals surface area contributed by atoms with Gasteiger partial charge in [0.05, 0.1) is 15.5 Å². The summed E-state index contributed by atoms with van der Waals surface area (Å²) in [7, 11) is -3.72. The van der Waals surface area contributed by atoms with E-state index in [2.05, 4.69) is 0 Å². The number of benzene rings is 1. The molecule has 1 aliphatic heterocycles. The summed E-state index contributed by atoms with van der Waals surface area (Å²) in [5.74, 6) is -0.696. The summed E-state index contributed by atoms with van der Waals surface area (Å²) in [6.07, 6.45) is 0. The second-order valence-corrected chi connectivity index (χ2v) is 7.45. The Morgan fingerprint density at radius 3 is 2.47 bits per heavy atom. The Morgan fingerprint density at radius 2 is 2.00 bits per heavy atom. The summed E-state index contributed by atoms with van der Waals surface area (Å²) < 4.78 is 38.6. The van der Waals surface area contributed by atoms with Gasteiger partial charge in [0.25, 0.3) is 0 Å². The van der Waals surface area contributed by atoms with E-state index in [-0.39, 0.29) is 28.9 Å². The van der Waals surface area contributed by atoms with Crippen LogP contribution in [-0.2, 0) is 10.0 Å². The summed E-state index contributed by atoms with van der Waals surface area (Å²) in [4.78, 5) is -0.0651. The van der Waals surface area contributed by atoms with Crippen LogP contribution < -0.4 is 0 Å². The lowest BCUT2D eigenvalue weighted by Gasteiger charge is -2.47. The lowest BCUT2D eigenvalue weighted by atomic mass is 9.85. The molecule has 106 valence electrons. The van der Waals surface area contributed by atoms with E-state index in [0.29, 0.717) is 0 Å². The van der Waals surface area contributed by atoms with E-state index in [1.165, 1.54) is 6.07 Å². The predicted molar refractivity (Wildman–Crippen MR) is 70.0 cm³/mol. The van der Waals surface area contributed by atoms with Gasteiger partial charge in [-0.3, -0.25) is 0 Å². The average Bonchev–Trinajstić information content (AvgIpc) is 2.27. The van der Waals surface area contributed by atoms with Crippen LogP contribution in [0.5, 0.6) is 0 Å². The van der Waals surface area contributed by atoms with Crippen molar-refractivity contribution in [1.82, 2.24) is 4.31 Å². The van der Waals surface area contributed by atoms with Crippen LogP contribution in [0, 0.1) is 11.7 Å². The fourth-order valence-corrected chi connectivity index (χ4v) is 3.72. The Kier molecular flexibility index (Phi) is 3.64. The standard InChI is InChI=1S/C12H15ClFNO3S/c1-8(2)12(16)6-15(7-12)19(17,18)9-3-4-11(14)10(13)5-9/h3-5,8,16H,6-7H2,1-2H3. The number of β-amino-alcohol motifs (C(OH)–C–C–N with tert-alkyl or cyclic N) is 1. The van der Waals surface area contributed by atoms with Crippen molar-refractivity contribution in [2.45, 2.75) is 24.3 Å². The van der Waals surface area contributed by atoms with Crippen LogP contribution in [0.3, 0.4) is 0 Å². The second-order valence-electron chi connectivity index (χ2n) is 5.11. The maximum absolute atomic E-state index is 13.0. The first-order valence-electron chi connectivity index (χ1n) is 5.84. The Morgan fingerprint density at radius 1 is 1.42 bits per heavy atom. The Hall–Kier alpha value is -0.690. The summed E-state index contributed by atoms with van der Waals surface area (Å²) in [5, 5.41) is 9.84. The Bertz CT molecular complexity index is 597. The molecule has 0 unspecified atom stereocenters. The molecule has 1 N–H and O–H groups in total. The van der Waals surface area contributed by atoms with Crippen LogP contribution in [0.25, 0.3) is 0 Å². The predicted octanol–water partition coefficient (Wildman–Crippen LogP) is 1.87. The monoisotopic (exact) mass is 307 g/mol. The third-order valence-electron chi connectivity index (χ3n) is 3.50. The molecule has 0 radical (unpaired) electrons. The summed E-state index contributed by atoms with van der Waals surface area (Å²) in [6.45, 7) is 3.75. The van der Waals surface area contributed by atoms with Crippen LogP contribution in [0.1, 0.15) is 13.8 Å². The molecule has 0 amide bonds. The SMILES string of the molecule is CC(C)C1(O)CN(S(=O)(=O)c2ccc(F)c(Cl)c2)C1. The first-order chi connectivity index (χ1) is 8.67. The van der Waals surface area contributed by atoms with Gasteiger partial charge in [-0.05, 0) is 24.1 Å². The van der Waals surface area contributed by atoms with E-state index in [1.807, 2.05) is 13.8 Å². The first kappa shape index (κ1) is 14.7. The van der Waals surface area contributed by atoms with Crippen molar-refractivity contribution < 1.29 is 17.9 Å². The molecule has 2 rings (SSSR count). The van der Waals surface area contributed by atoms with Crippen molar-refractivity contribution in [1.29, 1.82) is 0 Å². The van der Waals surface area contributed by atoms with E-state index in [9.17, 15) is 17.9 Å². The molecule has 19 heavy (non-hydrogen) atoms. The number of hydrogen-bond donors (Lipinski definition) is 1. The van der Waals surface area contributed by atoms with E-state index in [4.69, 9.17) is 11.6 Å². The summed E-state index contributed by atoms with van der Waals surface area (Å²) >= 11 is 5.58. The number of rotatable bonds is 3. The molecule has 0 aliphatic carbocycles. The highest BCUT2D eigenvalue weighted by molar-refractivity contribution is 7.89. The highest BCUT2D eigenvalue weighted by Crippen LogP contribution is 2.33. The van der Waals surface area contributed by atoms with Gasteiger partial charge >= 0.3 is 0 Å². The van der Waals surface area contributed by atoms with Gasteiger partial charge < -0.3 is 5.11 Å². The maximum atomic E-state index is 13.0. The summed E-state index contributed by atoms with van der Waals surface area (Å²) in [6, 6.07) is 3.27. The van der Waals surface area contributed by atoms with Crippen LogP contribution >= 0.6 is 11.6 Å². The molecule has 1 saturated heterocycles. The third kappa shape index (κ3) is 2.50. The molecule has 1 aromatic rings. The molecule has 1 heterocycles. The molecular weight excluding hydrogens is 293 g/mol. The average molecular weight is 308 g/mol. The molecule has 0 atom stereocenters. The van der Waals surface area contributed by atoms with Gasteiger partial charge in [0.15, 0.2) is 0 Å². The fourth-order valence-electron chi connectivity index (χ4n) is 1.89. The topological polar surface area (TPSA) is 57.6 Å². The normalized spacial score (nSPS) is 19.5. The van der Waals surface area contributed by atoms with Crippen LogP contribution in [0.4, 0.5) is 4.39 Å². The zero-order valence-electron chi connectivity index (χ0n) is 10.6. The van der Waals surface area contributed by atoms with Gasteiger partial charge in [0.2, 0.25) is 10.0 Å². The largest absolute Gasteiger partial charge is 0.387 e. The second kappa shape index (κ2) is 4.70. The molecule has 4 nitrogen and oxygen atoms in total. The number of hydrogen-bond acceptors (Lipinski definition) is 3. The molecule has 0 spiro atoms. The number of sulfonamides is 1. The quantitative estimate of drug-likeness (QED) is 0.927. The summed E-state index contributed by atoms with van der Waals surface area (Å²) in [5.41, 5.74) is -0.989. The highest BCUT2D eigenvalue weighted by atomic mass is 35.5. The zero-order valence-corrected chi connectivity index (χ0v) is 12.2. The third-order valence-corrected chi connectivity index (χ3v) is 5.58. The van der Waals surface area contributed by atoms with Crippen molar-refractivity contribution in [3.8, 4) is 0 Å². The van der Waals surface area contributed by atoms with Gasteiger partial charge in [-0.1, -0.05) is 25.4 Å². The van der Waals surface area contributed by atoms with Crippen molar-refractivity contribution in [2.75, 3.05) is 13.1 Å². The van der Waals surface area contributed by atoms with Crippen LogP contribution in [0.2, 0.25) is 5.02 Å². The number of aliphatic hydroxyl groups is 1. The van der Waals surface area contributed by atoms with Gasteiger partial charge in [-0.15, -0.1) is 0 Å². The van der Waals surface area contributed by atoms with Gasteiger partial charge in [-0.2, -0.15) is 4.31 Å².